The van der Waals surface area contributed by atoms with Crippen molar-refractivity contribution in [3.8, 4) is 11.6 Å². The van der Waals surface area contributed by atoms with Crippen LogP contribution in [0.2, 0.25) is 0 Å². The number of ether oxygens (including phenoxy) is 1. The zero-order valence-corrected chi connectivity index (χ0v) is 25.0. The zero-order chi connectivity index (χ0) is 32.6. The van der Waals surface area contributed by atoms with E-state index in [-0.39, 0.29) is 57.4 Å². The Bertz CT molecular complexity index is 2010. The number of carbonyl (C=O) groups excluding carboxylic acids is 2. The van der Waals surface area contributed by atoms with Crippen molar-refractivity contribution >= 4 is 46.4 Å². The van der Waals surface area contributed by atoms with Crippen LogP contribution >= 0.6 is 0 Å². The molecule has 0 saturated heterocycles. The highest BCUT2D eigenvalue weighted by molar-refractivity contribution is 6.00. The van der Waals surface area contributed by atoms with Crippen LogP contribution in [0.4, 0.5) is 34.6 Å². The smallest absolute Gasteiger partial charge is 0.343 e. The molecule has 5 rings (SSSR count). The number of hydrogen-bond acceptors (Lipinski definition) is 16. The van der Waals surface area contributed by atoms with Gasteiger partial charge in [-0.2, -0.15) is 29.8 Å². The number of aliphatic hydroxyl groups excluding tert-OH is 1. The summed E-state index contributed by atoms with van der Waals surface area (Å²) in [5.74, 6) is -0.0711. The number of esters is 1. The normalized spacial score (nSPS) is 11.7. The van der Waals surface area contributed by atoms with Crippen molar-refractivity contribution in [3.05, 3.63) is 46.8 Å². The van der Waals surface area contributed by atoms with Gasteiger partial charge in [-0.25, -0.2) is 24.1 Å². The number of aryl methyl sites for hydroxylation is 5. The number of aliphatic hydroxyl groups is 1. The molecule has 5 heterocycles. The summed E-state index contributed by atoms with van der Waals surface area (Å²) in [5, 5.41) is 43.2. The zero-order valence-electron chi connectivity index (χ0n) is 25.0. The molecule has 45 heavy (non-hydrogen) atoms. The van der Waals surface area contributed by atoms with E-state index >= 15 is 0 Å². The van der Waals surface area contributed by atoms with Crippen LogP contribution in [-0.4, -0.2) is 79.7 Å². The van der Waals surface area contributed by atoms with Crippen LogP contribution < -0.4 is 11.5 Å². The average Bonchev–Trinajstić information content (AvgIpc) is 3.71. The predicted octanol–water partition coefficient (Wildman–Crippen LogP) is 2.20. The lowest BCUT2D eigenvalue weighted by atomic mass is 10.2. The maximum Gasteiger partial charge on any atom is 0.343 e. The van der Waals surface area contributed by atoms with Crippen molar-refractivity contribution in [1.82, 2.24) is 49.1 Å². The fourth-order valence-electron chi connectivity index (χ4n) is 4.37. The molecule has 0 aliphatic heterocycles. The molecule has 0 atom stereocenters. The Balaban J connectivity index is 1.48. The molecule has 0 fully saturated rings. The van der Waals surface area contributed by atoms with E-state index in [1.165, 1.54) is 38.4 Å². The SMILES string of the molecule is COC(=O)c1c(C)nn(C)c1N=Nc1c(C)nn(-c2cc(-n3nc(C)c(N=Nc4c(C(=O)CO)cnn4C)c3N)ncn2)c1N. The lowest BCUT2D eigenvalue weighted by molar-refractivity contribution is 0.0600. The number of Topliss-reactive ketones (excluding diaryl/α,β-unsaturated/α-hetero) is 1. The molecule has 20 heteroatoms. The largest absolute Gasteiger partial charge is 0.465 e. The van der Waals surface area contributed by atoms with Crippen molar-refractivity contribution in [2.45, 2.75) is 20.8 Å². The van der Waals surface area contributed by atoms with Crippen LogP contribution in [0.1, 0.15) is 37.8 Å². The minimum atomic E-state index is -0.700. The molecule has 0 saturated carbocycles. The summed E-state index contributed by atoms with van der Waals surface area (Å²) < 4.78 is 10.3. The fraction of sp³-hybridized carbons (Fsp3) is 0.280. The van der Waals surface area contributed by atoms with Crippen LogP contribution in [-0.2, 0) is 18.8 Å². The standard InChI is InChI=1S/C25H28N16O4/c1-11-18(25(44)45-6)24(39(5)35-11)34-32-20-13(3)37-41(22(20)27)17-7-16(28-10-29-17)40-21(26)19(12(2)36-40)31-33-23-14(15(43)9-42)8-30-38(23)4/h7-8,10,42H,9,26-27H2,1-6H3. The fourth-order valence-corrected chi connectivity index (χ4v) is 4.37. The molecule has 232 valence electrons. The Labute approximate surface area is 254 Å². The lowest BCUT2D eigenvalue weighted by Gasteiger charge is -2.06. The topological polar surface area (TPSA) is 262 Å². The van der Waals surface area contributed by atoms with Gasteiger partial charge in [0, 0.05) is 20.2 Å². The van der Waals surface area contributed by atoms with Gasteiger partial charge in [0.25, 0.3) is 0 Å². The van der Waals surface area contributed by atoms with E-state index in [2.05, 4.69) is 50.8 Å². The first-order valence-electron chi connectivity index (χ1n) is 13.1. The third-order valence-electron chi connectivity index (χ3n) is 6.62. The quantitative estimate of drug-likeness (QED) is 0.122. The van der Waals surface area contributed by atoms with Crippen LogP contribution in [0.5, 0.6) is 0 Å². The van der Waals surface area contributed by atoms with E-state index in [1.54, 1.807) is 40.9 Å². The van der Waals surface area contributed by atoms with Crippen molar-refractivity contribution in [3.63, 3.8) is 0 Å². The summed E-state index contributed by atoms with van der Waals surface area (Å²) in [7, 11) is 4.47. The van der Waals surface area contributed by atoms with E-state index in [1.807, 2.05) is 0 Å². The molecule has 5 aromatic rings. The van der Waals surface area contributed by atoms with Gasteiger partial charge in [0.15, 0.2) is 52.1 Å². The second-order valence-corrected chi connectivity index (χ2v) is 9.58. The number of ketones is 1. The van der Waals surface area contributed by atoms with Crippen LogP contribution in [0.3, 0.4) is 0 Å². The average molecular weight is 617 g/mol. The Morgan fingerprint density at radius 2 is 1.40 bits per heavy atom. The minimum absolute atomic E-state index is 0.102. The molecule has 0 radical (unpaired) electrons. The van der Waals surface area contributed by atoms with Gasteiger partial charge in [0.2, 0.25) is 0 Å². The highest BCUT2D eigenvalue weighted by atomic mass is 16.5. The van der Waals surface area contributed by atoms with Gasteiger partial charge in [0.05, 0.1) is 36.0 Å². The van der Waals surface area contributed by atoms with Gasteiger partial charge in [-0.05, 0) is 20.8 Å². The van der Waals surface area contributed by atoms with Gasteiger partial charge in [-0.15, -0.1) is 20.5 Å². The van der Waals surface area contributed by atoms with E-state index in [9.17, 15) is 14.7 Å². The molecular weight excluding hydrogens is 588 g/mol. The summed E-state index contributed by atoms with van der Waals surface area (Å²) >= 11 is 0. The lowest BCUT2D eigenvalue weighted by Crippen LogP contribution is -2.09. The van der Waals surface area contributed by atoms with Gasteiger partial charge in [-0.1, -0.05) is 0 Å². The van der Waals surface area contributed by atoms with Crippen molar-refractivity contribution in [2.75, 3.05) is 25.2 Å². The second kappa shape index (κ2) is 11.8. The maximum atomic E-state index is 12.3. The van der Waals surface area contributed by atoms with Crippen LogP contribution in [0.15, 0.2) is 39.0 Å². The van der Waals surface area contributed by atoms with E-state index in [4.69, 9.17) is 16.2 Å². The van der Waals surface area contributed by atoms with E-state index < -0.39 is 18.4 Å². The molecule has 5 aromatic heterocycles. The van der Waals surface area contributed by atoms with Gasteiger partial charge < -0.3 is 21.3 Å². The van der Waals surface area contributed by atoms with Gasteiger partial charge in [0.1, 0.15) is 18.5 Å². The first kappa shape index (κ1) is 30.3. The van der Waals surface area contributed by atoms with Crippen molar-refractivity contribution in [1.29, 1.82) is 0 Å². The number of nitrogens with two attached hydrogens (primary N) is 2. The number of nitrogens with zero attached hydrogens (tertiary/aromatic N) is 14. The monoisotopic (exact) mass is 616 g/mol. The highest BCUT2D eigenvalue weighted by Crippen LogP contribution is 2.33. The summed E-state index contributed by atoms with van der Waals surface area (Å²) in [6.07, 6.45) is 2.58. The molecule has 0 spiro atoms. The molecule has 0 unspecified atom stereocenters. The number of nitrogen functional groups attached to an aromatic ring is 2. The Kier molecular flexibility index (Phi) is 7.96. The number of carbonyl (C=O) groups is 2. The number of aromatic nitrogens is 10. The predicted molar refractivity (Wildman–Crippen MR) is 157 cm³/mol. The molecule has 0 aliphatic carbocycles. The number of methoxy groups -OCH3 is 1. The number of azo groups is 2. The third kappa shape index (κ3) is 5.40. The van der Waals surface area contributed by atoms with Gasteiger partial charge in [-0.3, -0.25) is 4.79 Å². The summed E-state index contributed by atoms with van der Waals surface area (Å²) in [5.41, 5.74) is 14.8. The minimum Gasteiger partial charge on any atom is -0.465 e. The molecule has 0 amide bonds. The Morgan fingerprint density at radius 3 is 1.93 bits per heavy atom. The van der Waals surface area contributed by atoms with Gasteiger partial charge >= 0.3 is 5.97 Å². The summed E-state index contributed by atoms with van der Waals surface area (Å²) in [4.78, 5) is 32.9. The third-order valence-corrected chi connectivity index (χ3v) is 6.62. The first-order chi connectivity index (χ1) is 21.5. The van der Waals surface area contributed by atoms with Crippen LogP contribution in [0, 0.1) is 20.8 Å². The molecular formula is C25H28N16O4. The van der Waals surface area contributed by atoms with E-state index in [0.717, 1.165) is 0 Å². The Morgan fingerprint density at radius 1 is 0.844 bits per heavy atom. The summed E-state index contributed by atoms with van der Waals surface area (Å²) in [6.45, 7) is 4.32. The Hall–Kier alpha value is -6.18. The van der Waals surface area contributed by atoms with Crippen molar-refractivity contribution < 1.29 is 19.4 Å². The first-order valence-corrected chi connectivity index (χ1v) is 13.1. The molecule has 0 bridgehead atoms. The van der Waals surface area contributed by atoms with E-state index in [0.29, 0.717) is 17.1 Å². The molecule has 0 aromatic carbocycles. The summed E-state index contributed by atoms with van der Waals surface area (Å²) in [6, 6.07) is 1.55. The highest BCUT2D eigenvalue weighted by Gasteiger charge is 2.23. The molecule has 20 nitrogen and oxygen atoms in total. The second-order valence-electron chi connectivity index (χ2n) is 9.58. The number of rotatable bonds is 9. The molecule has 0 aliphatic rings. The van der Waals surface area contributed by atoms with Crippen LogP contribution in [0.25, 0.3) is 11.6 Å². The number of hydrogen-bond donors (Lipinski definition) is 3. The van der Waals surface area contributed by atoms with Crippen molar-refractivity contribution in [2.24, 2.45) is 34.6 Å². The molecule has 5 N–H and O–H groups in total. The maximum absolute atomic E-state index is 12.3. The number of anilines is 2.